The van der Waals surface area contributed by atoms with Crippen LogP contribution >= 0.6 is 15.9 Å². The summed E-state index contributed by atoms with van der Waals surface area (Å²) in [5.41, 5.74) is 6.77. The number of carbonyl (C=O) groups excluding carboxylic acids is 2. The van der Waals surface area contributed by atoms with Crippen LogP contribution in [0.2, 0.25) is 0 Å². The average Bonchev–Trinajstić information content (AvgIpc) is 3.04. The Morgan fingerprint density at radius 3 is 1.90 bits per heavy atom. The maximum absolute atomic E-state index is 13.8. The van der Waals surface area contributed by atoms with Crippen LogP contribution in [0.25, 0.3) is 0 Å². The van der Waals surface area contributed by atoms with Gasteiger partial charge in [0.25, 0.3) is 0 Å². The summed E-state index contributed by atoms with van der Waals surface area (Å²) in [6, 6.07) is 22.5. The van der Waals surface area contributed by atoms with Crippen LogP contribution in [0.5, 0.6) is 0 Å². The van der Waals surface area contributed by atoms with Gasteiger partial charge in [-0.3, -0.25) is 9.59 Å². The molecule has 4 aliphatic rings. The van der Waals surface area contributed by atoms with Gasteiger partial charge in [0.2, 0.25) is 11.8 Å². The average molecular weight is 472 g/mol. The Labute approximate surface area is 190 Å². The van der Waals surface area contributed by atoms with Gasteiger partial charge in [-0.05, 0) is 61.8 Å². The van der Waals surface area contributed by atoms with Crippen molar-refractivity contribution >= 4 is 33.4 Å². The predicted octanol–water partition coefficient (Wildman–Crippen LogP) is 5.97. The summed E-state index contributed by atoms with van der Waals surface area (Å²) < 4.78 is 0.764. The maximum atomic E-state index is 13.8. The zero-order valence-corrected chi connectivity index (χ0v) is 19.0. The third kappa shape index (κ3) is 2.45. The molecule has 3 aromatic rings. The van der Waals surface area contributed by atoms with Gasteiger partial charge in [0, 0.05) is 16.3 Å². The lowest BCUT2D eigenvalue weighted by Crippen LogP contribution is -2.41. The van der Waals surface area contributed by atoms with Crippen LogP contribution in [0.15, 0.2) is 71.2 Å². The van der Waals surface area contributed by atoms with Crippen LogP contribution in [0.4, 0.5) is 5.69 Å². The number of para-hydroxylation sites is 1. The first-order valence-corrected chi connectivity index (χ1v) is 11.6. The van der Waals surface area contributed by atoms with Crippen molar-refractivity contribution in [3.05, 3.63) is 99.0 Å². The number of nitrogens with zero attached hydrogens (tertiary/aromatic N) is 1. The van der Waals surface area contributed by atoms with E-state index < -0.39 is 0 Å². The molecule has 3 aliphatic carbocycles. The largest absolute Gasteiger partial charge is 0.274 e. The molecule has 1 heterocycles. The van der Waals surface area contributed by atoms with Gasteiger partial charge in [-0.15, -0.1) is 0 Å². The van der Waals surface area contributed by atoms with Gasteiger partial charge in [-0.2, -0.15) is 0 Å². The van der Waals surface area contributed by atoms with Gasteiger partial charge < -0.3 is 0 Å². The molecule has 0 N–H and O–H groups in total. The first-order valence-electron chi connectivity index (χ1n) is 10.8. The Bertz CT molecular complexity index is 1260. The monoisotopic (exact) mass is 471 g/mol. The Hall–Kier alpha value is -2.72. The molecular weight excluding hydrogens is 450 g/mol. The van der Waals surface area contributed by atoms with Crippen LogP contribution < -0.4 is 4.90 Å². The normalized spacial score (nSPS) is 25.6. The first-order chi connectivity index (χ1) is 15.0. The van der Waals surface area contributed by atoms with Crippen molar-refractivity contribution in [3.8, 4) is 0 Å². The molecule has 1 aliphatic heterocycles. The van der Waals surface area contributed by atoms with E-state index in [1.165, 1.54) is 32.7 Å². The molecule has 0 aromatic heterocycles. The molecule has 0 radical (unpaired) electrons. The molecule has 7 rings (SSSR count). The van der Waals surface area contributed by atoms with Gasteiger partial charge in [0.1, 0.15) is 0 Å². The second-order valence-electron chi connectivity index (χ2n) is 9.14. The van der Waals surface area contributed by atoms with E-state index in [1.807, 2.05) is 36.4 Å². The summed E-state index contributed by atoms with van der Waals surface area (Å²) in [5.74, 6) is -0.604. The number of amides is 2. The van der Waals surface area contributed by atoms with Gasteiger partial charge in [0.15, 0.2) is 0 Å². The van der Waals surface area contributed by atoms with Crippen molar-refractivity contribution in [1.82, 2.24) is 0 Å². The lowest BCUT2D eigenvalue weighted by Gasteiger charge is -2.46. The third-order valence-electron chi connectivity index (χ3n) is 7.32. The second-order valence-corrected chi connectivity index (χ2v) is 10.00. The molecule has 31 heavy (non-hydrogen) atoms. The van der Waals surface area contributed by atoms with E-state index in [-0.39, 0.29) is 35.5 Å². The van der Waals surface area contributed by atoms with Crippen LogP contribution in [-0.4, -0.2) is 11.8 Å². The lowest BCUT2D eigenvalue weighted by molar-refractivity contribution is -0.122. The Kier molecular flexibility index (Phi) is 4.07. The predicted molar refractivity (Wildman–Crippen MR) is 124 cm³/mol. The minimum atomic E-state index is -0.352. The highest BCUT2D eigenvalue weighted by Gasteiger charge is 2.62. The molecule has 0 saturated carbocycles. The number of anilines is 1. The minimum absolute atomic E-state index is 0.0768. The number of imide groups is 1. The SMILES string of the molecule is CC(C)c1ccc2c(c1)[C@H]1c3ccccc3[C@H]2[C@@H]2C(=O)N(c3ccccc3Br)C(=O)[C@H]12. The smallest absolute Gasteiger partial charge is 0.238 e. The molecule has 1 fully saturated rings. The highest BCUT2D eigenvalue weighted by Crippen LogP contribution is 2.61. The molecule has 0 spiro atoms. The van der Waals surface area contributed by atoms with Crippen molar-refractivity contribution in [3.63, 3.8) is 0 Å². The molecule has 1 saturated heterocycles. The zero-order valence-electron chi connectivity index (χ0n) is 17.4. The summed E-state index contributed by atoms with van der Waals surface area (Å²) in [7, 11) is 0. The highest BCUT2D eigenvalue weighted by atomic mass is 79.9. The molecule has 4 heteroatoms. The molecule has 2 bridgehead atoms. The lowest BCUT2D eigenvalue weighted by atomic mass is 9.54. The summed E-state index contributed by atoms with van der Waals surface area (Å²) in [4.78, 5) is 29.0. The molecule has 3 aromatic carbocycles. The van der Waals surface area contributed by atoms with E-state index in [0.29, 0.717) is 11.6 Å². The number of hydrogen-bond donors (Lipinski definition) is 0. The molecule has 154 valence electrons. The Morgan fingerprint density at radius 2 is 1.29 bits per heavy atom. The van der Waals surface area contributed by atoms with Gasteiger partial charge >= 0.3 is 0 Å². The summed E-state index contributed by atoms with van der Waals surface area (Å²) in [5, 5.41) is 0. The number of halogens is 1. The number of benzene rings is 3. The molecule has 0 unspecified atom stereocenters. The zero-order chi connectivity index (χ0) is 21.4. The third-order valence-corrected chi connectivity index (χ3v) is 7.99. The molecule has 2 amide bonds. The molecule has 3 nitrogen and oxygen atoms in total. The van der Waals surface area contributed by atoms with Gasteiger partial charge in [0.05, 0.1) is 17.5 Å². The number of rotatable bonds is 2. The fourth-order valence-electron chi connectivity index (χ4n) is 5.98. The Balaban J connectivity index is 1.58. The quantitative estimate of drug-likeness (QED) is 0.431. The van der Waals surface area contributed by atoms with Crippen LogP contribution in [0.3, 0.4) is 0 Å². The van der Waals surface area contributed by atoms with Crippen molar-refractivity contribution in [2.45, 2.75) is 31.6 Å². The van der Waals surface area contributed by atoms with Crippen LogP contribution in [0, 0.1) is 11.8 Å². The van der Waals surface area contributed by atoms with Gasteiger partial charge in [-0.25, -0.2) is 4.90 Å². The molecular formula is C27H22BrNO2. The van der Waals surface area contributed by atoms with E-state index in [4.69, 9.17) is 0 Å². The van der Waals surface area contributed by atoms with Gasteiger partial charge in [-0.1, -0.05) is 68.4 Å². The number of hydrogen-bond acceptors (Lipinski definition) is 2. The van der Waals surface area contributed by atoms with Crippen molar-refractivity contribution in [2.75, 3.05) is 4.90 Å². The first kappa shape index (κ1) is 19.0. The number of carbonyl (C=O) groups is 2. The second kappa shape index (κ2) is 6.64. The van der Waals surface area contributed by atoms with E-state index in [2.05, 4.69) is 60.1 Å². The van der Waals surface area contributed by atoms with E-state index >= 15 is 0 Å². The minimum Gasteiger partial charge on any atom is -0.274 e. The summed E-state index contributed by atoms with van der Waals surface area (Å²) >= 11 is 3.54. The van der Waals surface area contributed by atoms with E-state index in [1.54, 1.807) is 0 Å². The Morgan fingerprint density at radius 1 is 0.742 bits per heavy atom. The molecule has 4 atom stereocenters. The fraction of sp³-hybridized carbons (Fsp3) is 0.259. The van der Waals surface area contributed by atoms with Crippen molar-refractivity contribution in [2.24, 2.45) is 11.8 Å². The summed E-state index contributed by atoms with van der Waals surface area (Å²) in [6.07, 6.45) is 0. The van der Waals surface area contributed by atoms with Crippen molar-refractivity contribution < 1.29 is 9.59 Å². The standard InChI is InChI=1S/C27H22BrNO2/c1-14(2)15-11-12-18-19(13-15)23-17-8-4-3-7-16(17)22(18)24-25(23)27(31)29(26(24)30)21-10-6-5-9-20(21)28/h3-14,22-25H,1-2H3/t22-,23-,24+,25-/m1/s1. The van der Waals surface area contributed by atoms with Crippen molar-refractivity contribution in [1.29, 1.82) is 0 Å². The highest BCUT2D eigenvalue weighted by molar-refractivity contribution is 9.10. The topological polar surface area (TPSA) is 37.4 Å². The fourth-order valence-corrected chi connectivity index (χ4v) is 6.44. The van der Waals surface area contributed by atoms with Crippen LogP contribution in [0.1, 0.15) is 59.4 Å². The van der Waals surface area contributed by atoms with E-state index in [0.717, 1.165) is 4.47 Å². The van der Waals surface area contributed by atoms with Crippen LogP contribution in [-0.2, 0) is 9.59 Å². The van der Waals surface area contributed by atoms with E-state index in [9.17, 15) is 9.59 Å². The maximum Gasteiger partial charge on any atom is 0.238 e. The summed E-state index contributed by atoms with van der Waals surface area (Å²) in [6.45, 7) is 4.39.